The minimum Gasteiger partial charge on any atom is -0.493 e. The van der Waals surface area contributed by atoms with Gasteiger partial charge in [-0.3, -0.25) is 9.59 Å². The number of ether oxygens (including phenoxy) is 3. The normalized spacial score (nSPS) is 11.4. The first-order valence-corrected chi connectivity index (χ1v) is 6.69. The number of carbonyl (C=O) groups excluding carboxylic acids is 2. The number of nitrogens with one attached hydrogen (secondary N) is 1. The second kappa shape index (κ2) is 8.14. The van der Waals surface area contributed by atoms with Crippen molar-refractivity contribution in [2.75, 3.05) is 20.8 Å². The first-order valence-electron chi connectivity index (χ1n) is 6.69. The van der Waals surface area contributed by atoms with E-state index in [1.54, 1.807) is 32.2 Å². The van der Waals surface area contributed by atoms with Gasteiger partial charge in [-0.1, -0.05) is 6.07 Å². The lowest BCUT2D eigenvalue weighted by Crippen LogP contribution is -2.35. The zero-order chi connectivity index (χ0) is 15.8. The molecule has 6 heteroatoms. The Morgan fingerprint density at radius 3 is 2.43 bits per heavy atom. The molecule has 0 saturated heterocycles. The number of esters is 1. The molecule has 0 bridgehead atoms. The number of benzene rings is 1. The van der Waals surface area contributed by atoms with Crippen molar-refractivity contribution in [2.45, 2.75) is 26.4 Å². The quantitative estimate of drug-likeness (QED) is 0.768. The maximum absolute atomic E-state index is 11.8. The minimum absolute atomic E-state index is 0.0596. The fourth-order valence-corrected chi connectivity index (χ4v) is 1.77. The monoisotopic (exact) mass is 295 g/mol. The maximum atomic E-state index is 11.8. The third-order valence-electron chi connectivity index (χ3n) is 2.82. The molecule has 0 aliphatic heterocycles. The molecule has 0 heterocycles. The van der Waals surface area contributed by atoms with E-state index in [9.17, 15) is 9.59 Å². The molecule has 6 nitrogen and oxygen atoms in total. The van der Waals surface area contributed by atoms with Crippen LogP contribution in [-0.4, -0.2) is 38.7 Å². The van der Waals surface area contributed by atoms with Gasteiger partial charge in [0.05, 0.1) is 20.6 Å². The summed E-state index contributed by atoms with van der Waals surface area (Å²) in [5, 5.41) is 2.60. The van der Waals surface area contributed by atoms with Gasteiger partial charge in [-0.2, -0.15) is 0 Å². The summed E-state index contributed by atoms with van der Waals surface area (Å²) < 4.78 is 15.4. The van der Waals surface area contributed by atoms with Gasteiger partial charge in [0.2, 0.25) is 0 Å². The third kappa shape index (κ3) is 4.98. The van der Waals surface area contributed by atoms with Gasteiger partial charge in [0.1, 0.15) is 0 Å². The first-order chi connectivity index (χ1) is 10.0. The average molecular weight is 295 g/mol. The highest BCUT2D eigenvalue weighted by atomic mass is 16.5. The first kappa shape index (κ1) is 16.8. The fourth-order valence-electron chi connectivity index (χ4n) is 1.77. The number of methoxy groups -OCH3 is 2. The van der Waals surface area contributed by atoms with E-state index in [1.165, 1.54) is 14.0 Å². The number of likely N-dealkylation sites (N-methyl/N-ethyl adjacent to an activating group) is 1. The maximum Gasteiger partial charge on any atom is 0.311 e. The van der Waals surface area contributed by atoms with E-state index in [-0.39, 0.29) is 12.3 Å². The van der Waals surface area contributed by atoms with Crippen molar-refractivity contribution in [3.63, 3.8) is 0 Å². The van der Waals surface area contributed by atoms with Crippen LogP contribution in [-0.2, 0) is 20.7 Å². The zero-order valence-electron chi connectivity index (χ0n) is 12.8. The largest absolute Gasteiger partial charge is 0.493 e. The number of carbonyl (C=O) groups is 2. The van der Waals surface area contributed by atoms with Gasteiger partial charge in [0, 0.05) is 6.54 Å². The van der Waals surface area contributed by atoms with Gasteiger partial charge >= 0.3 is 5.97 Å². The highest BCUT2D eigenvalue weighted by Crippen LogP contribution is 2.27. The Kier molecular flexibility index (Phi) is 6.52. The molecule has 0 fully saturated rings. The molecule has 0 saturated carbocycles. The summed E-state index contributed by atoms with van der Waals surface area (Å²) in [6, 6.07) is 5.17. The zero-order valence-corrected chi connectivity index (χ0v) is 12.8. The highest BCUT2D eigenvalue weighted by Gasteiger charge is 2.17. The average Bonchev–Trinajstić information content (AvgIpc) is 2.47. The molecule has 0 radical (unpaired) electrons. The van der Waals surface area contributed by atoms with E-state index in [2.05, 4.69) is 5.32 Å². The Morgan fingerprint density at radius 2 is 1.86 bits per heavy atom. The van der Waals surface area contributed by atoms with Gasteiger partial charge in [-0.25, -0.2) is 0 Å². The van der Waals surface area contributed by atoms with E-state index in [0.717, 1.165) is 5.56 Å². The molecule has 0 aliphatic carbocycles. The van der Waals surface area contributed by atoms with E-state index in [1.807, 2.05) is 0 Å². The molecule has 1 N–H and O–H groups in total. The summed E-state index contributed by atoms with van der Waals surface area (Å²) in [5.74, 6) is 0.351. The smallest absolute Gasteiger partial charge is 0.311 e. The van der Waals surface area contributed by atoms with Crippen molar-refractivity contribution in [1.29, 1.82) is 0 Å². The van der Waals surface area contributed by atoms with Crippen molar-refractivity contribution in [3.05, 3.63) is 23.8 Å². The van der Waals surface area contributed by atoms with Crippen LogP contribution in [0.4, 0.5) is 0 Å². The standard InChI is InChI=1S/C15H21NO5/c1-5-16-15(18)10(2)21-14(17)9-11-6-7-12(19-3)13(8-11)20-4/h6-8,10H,5,9H2,1-4H3,(H,16,18)/t10-/m1/s1. The van der Waals surface area contributed by atoms with Crippen molar-refractivity contribution >= 4 is 11.9 Å². The molecule has 0 unspecified atom stereocenters. The Morgan fingerprint density at radius 1 is 1.19 bits per heavy atom. The van der Waals surface area contributed by atoms with Gasteiger partial charge in [-0.05, 0) is 31.5 Å². The van der Waals surface area contributed by atoms with Gasteiger partial charge in [-0.15, -0.1) is 0 Å². The van der Waals surface area contributed by atoms with Gasteiger partial charge in [0.25, 0.3) is 5.91 Å². The van der Waals surface area contributed by atoms with Crippen LogP contribution < -0.4 is 14.8 Å². The van der Waals surface area contributed by atoms with Crippen LogP contribution in [0.3, 0.4) is 0 Å². The van der Waals surface area contributed by atoms with Crippen molar-refractivity contribution < 1.29 is 23.8 Å². The second-order valence-electron chi connectivity index (χ2n) is 4.39. The van der Waals surface area contributed by atoms with Crippen molar-refractivity contribution in [3.8, 4) is 11.5 Å². The fraction of sp³-hybridized carbons (Fsp3) is 0.467. The molecule has 1 atom stereocenters. The molecular weight excluding hydrogens is 274 g/mol. The van der Waals surface area contributed by atoms with Gasteiger partial charge < -0.3 is 19.5 Å². The van der Waals surface area contributed by atoms with Crippen molar-refractivity contribution in [1.82, 2.24) is 5.32 Å². The Hall–Kier alpha value is -2.24. The number of hydrogen-bond donors (Lipinski definition) is 1. The SMILES string of the molecule is CCNC(=O)[C@@H](C)OC(=O)Cc1ccc(OC)c(OC)c1. The lowest BCUT2D eigenvalue weighted by atomic mass is 10.1. The summed E-state index contributed by atoms with van der Waals surface area (Å²) in [4.78, 5) is 23.3. The lowest BCUT2D eigenvalue weighted by molar-refractivity contribution is -0.154. The van der Waals surface area contributed by atoms with Crippen LogP contribution in [0.1, 0.15) is 19.4 Å². The third-order valence-corrected chi connectivity index (χ3v) is 2.82. The van der Waals surface area contributed by atoms with E-state index < -0.39 is 12.1 Å². The predicted octanol–water partition coefficient (Wildman–Crippen LogP) is 1.31. The Labute approximate surface area is 124 Å². The van der Waals surface area contributed by atoms with E-state index >= 15 is 0 Å². The van der Waals surface area contributed by atoms with Crippen LogP contribution >= 0.6 is 0 Å². The number of amides is 1. The highest BCUT2D eigenvalue weighted by molar-refractivity contribution is 5.83. The van der Waals surface area contributed by atoms with Crippen LogP contribution in [0.2, 0.25) is 0 Å². The minimum atomic E-state index is -0.808. The summed E-state index contributed by atoms with van der Waals surface area (Å²) in [5.41, 5.74) is 0.723. The molecular formula is C15H21NO5. The van der Waals surface area contributed by atoms with E-state index in [0.29, 0.717) is 18.0 Å². The van der Waals surface area contributed by atoms with Crippen molar-refractivity contribution in [2.24, 2.45) is 0 Å². The molecule has 116 valence electrons. The van der Waals surface area contributed by atoms with Crippen LogP contribution in [0, 0.1) is 0 Å². The Bertz CT molecular complexity index is 501. The van der Waals surface area contributed by atoms with Crippen LogP contribution in [0.15, 0.2) is 18.2 Å². The molecule has 0 spiro atoms. The number of hydrogen-bond acceptors (Lipinski definition) is 5. The molecule has 1 amide bonds. The molecule has 1 aromatic carbocycles. The Balaban J connectivity index is 2.64. The molecule has 0 aromatic heterocycles. The topological polar surface area (TPSA) is 73.9 Å². The molecule has 1 rings (SSSR count). The number of rotatable bonds is 7. The lowest BCUT2D eigenvalue weighted by Gasteiger charge is -2.13. The summed E-state index contributed by atoms with van der Waals surface area (Å²) in [6.07, 6.45) is -0.748. The predicted molar refractivity (Wildman–Crippen MR) is 77.5 cm³/mol. The van der Waals surface area contributed by atoms with Gasteiger partial charge in [0.15, 0.2) is 17.6 Å². The van der Waals surface area contributed by atoms with E-state index in [4.69, 9.17) is 14.2 Å². The second-order valence-corrected chi connectivity index (χ2v) is 4.39. The molecule has 21 heavy (non-hydrogen) atoms. The summed E-state index contributed by atoms with van der Waals surface area (Å²) >= 11 is 0. The summed E-state index contributed by atoms with van der Waals surface area (Å²) in [7, 11) is 3.07. The van der Waals surface area contributed by atoms with Crippen LogP contribution in [0.5, 0.6) is 11.5 Å². The molecule has 0 aliphatic rings. The molecule has 1 aromatic rings. The summed E-state index contributed by atoms with van der Waals surface area (Å²) in [6.45, 7) is 3.84. The van der Waals surface area contributed by atoms with Crippen LogP contribution in [0.25, 0.3) is 0 Å².